The highest BCUT2D eigenvalue weighted by molar-refractivity contribution is 7.71. The molecule has 76 valence electrons. The number of aromatic nitrogens is 2. The Morgan fingerprint density at radius 1 is 1.20 bits per heavy atom. The molecule has 0 spiro atoms. The van der Waals surface area contributed by atoms with Crippen LogP contribution in [0.25, 0.3) is 0 Å². The minimum atomic E-state index is -0.163. The Kier molecular flexibility index (Phi) is 2.78. The SMILES string of the molecule is O=c1ccn(Cc2ccccc2)c(=S)[nH]1. The highest BCUT2D eigenvalue weighted by Crippen LogP contribution is 2.01. The van der Waals surface area contributed by atoms with Crippen LogP contribution in [0.1, 0.15) is 5.56 Å². The van der Waals surface area contributed by atoms with E-state index in [1.165, 1.54) is 6.07 Å². The Bertz CT molecular complexity index is 557. The van der Waals surface area contributed by atoms with Crippen LogP contribution in [0.5, 0.6) is 0 Å². The molecule has 1 heterocycles. The van der Waals surface area contributed by atoms with Crippen molar-refractivity contribution < 1.29 is 0 Å². The molecule has 1 aromatic heterocycles. The van der Waals surface area contributed by atoms with Gasteiger partial charge in [0.1, 0.15) is 0 Å². The van der Waals surface area contributed by atoms with Gasteiger partial charge in [0, 0.05) is 18.8 Å². The van der Waals surface area contributed by atoms with Crippen molar-refractivity contribution >= 4 is 12.2 Å². The van der Waals surface area contributed by atoms with E-state index in [1.807, 2.05) is 34.9 Å². The summed E-state index contributed by atoms with van der Waals surface area (Å²) < 4.78 is 2.28. The monoisotopic (exact) mass is 218 g/mol. The predicted molar refractivity (Wildman–Crippen MR) is 61.4 cm³/mol. The topological polar surface area (TPSA) is 37.8 Å². The van der Waals surface area contributed by atoms with Crippen molar-refractivity contribution in [2.45, 2.75) is 6.54 Å². The average molecular weight is 218 g/mol. The third-order valence-corrected chi connectivity index (χ3v) is 2.43. The lowest BCUT2D eigenvalue weighted by Crippen LogP contribution is -2.11. The molecule has 1 aromatic carbocycles. The fraction of sp³-hybridized carbons (Fsp3) is 0.0909. The molecular weight excluding hydrogens is 208 g/mol. The first-order valence-corrected chi connectivity index (χ1v) is 5.00. The number of nitrogens with one attached hydrogen (secondary N) is 1. The Hall–Kier alpha value is -1.68. The number of hydrogen-bond acceptors (Lipinski definition) is 2. The van der Waals surface area contributed by atoms with Gasteiger partial charge in [0.15, 0.2) is 4.77 Å². The molecule has 15 heavy (non-hydrogen) atoms. The van der Waals surface area contributed by atoms with Crippen LogP contribution >= 0.6 is 12.2 Å². The van der Waals surface area contributed by atoms with Gasteiger partial charge in [0.2, 0.25) is 0 Å². The number of nitrogens with zero attached hydrogens (tertiary/aromatic N) is 1. The van der Waals surface area contributed by atoms with Gasteiger partial charge in [0.05, 0.1) is 0 Å². The average Bonchev–Trinajstić information content (AvgIpc) is 2.24. The van der Waals surface area contributed by atoms with Crippen LogP contribution in [-0.2, 0) is 6.54 Å². The highest BCUT2D eigenvalue weighted by Gasteiger charge is 1.94. The van der Waals surface area contributed by atoms with Crippen molar-refractivity contribution in [1.82, 2.24) is 9.55 Å². The molecule has 0 aliphatic carbocycles. The van der Waals surface area contributed by atoms with Crippen LogP contribution < -0.4 is 5.56 Å². The molecule has 0 aliphatic heterocycles. The van der Waals surface area contributed by atoms with Gasteiger partial charge in [-0.2, -0.15) is 0 Å². The van der Waals surface area contributed by atoms with Gasteiger partial charge in [-0.3, -0.25) is 9.78 Å². The normalized spacial score (nSPS) is 10.1. The molecular formula is C11H10N2OS. The number of hydrogen-bond donors (Lipinski definition) is 1. The maximum absolute atomic E-state index is 11.0. The van der Waals surface area contributed by atoms with Gasteiger partial charge < -0.3 is 4.57 Å². The van der Waals surface area contributed by atoms with Crippen LogP contribution in [0.4, 0.5) is 0 Å². The van der Waals surface area contributed by atoms with Crippen LogP contribution in [0, 0.1) is 4.77 Å². The van der Waals surface area contributed by atoms with E-state index in [2.05, 4.69) is 4.98 Å². The van der Waals surface area contributed by atoms with E-state index in [-0.39, 0.29) is 5.56 Å². The van der Waals surface area contributed by atoms with E-state index in [0.29, 0.717) is 11.3 Å². The highest BCUT2D eigenvalue weighted by atomic mass is 32.1. The van der Waals surface area contributed by atoms with Gasteiger partial charge in [-0.1, -0.05) is 30.3 Å². The molecule has 2 rings (SSSR count). The second-order valence-electron chi connectivity index (χ2n) is 3.22. The summed E-state index contributed by atoms with van der Waals surface area (Å²) >= 11 is 5.05. The maximum Gasteiger partial charge on any atom is 0.251 e. The van der Waals surface area contributed by atoms with Gasteiger partial charge in [-0.05, 0) is 17.8 Å². The quantitative estimate of drug-likeness (QED) is 0.782. The number of rotatable bonds is 2. The van der Waals surface area contributed by atoms with E-state index in [9.17, 15) is 4.79 Å². The summed E-state index contributed by atoms with van der Waals surface area (Å²) in [6, 6.07) is 11.4. The fourth-order valence-electron chi connectivity index (χ4n) is 1.35. The number of aromatic amines is 1. The first-order valence-electron chi connectivity index (χ1n) is 4.59. The van der Waals surface area contributed by atoms with Gasteiger partial charge in [-0.25, -0.2) is 0 Å². The smallest absolute Gasteiger partial charge is 0.251 e. The molecule has 0 unspecified atom stereocenters. The minimum Gasteiger partial charge on any atom is -0.321 e. The molecule has 1 N–H and O–H groups in total. The van der Waals surface area contributed by atoms with Gasteiger partial charge >= 0.3 is 0 Å². The van der Waals surface area contributed by atoms with Crippen molar-refractivity contribution in [3.8, 4) is 0 Å². The first-order chi connectivity index (χ1) is 7.25. The van der Waals surface area contributed by atoms with Crippen molar-refractivity contribution in [2.24, 2.45) is 0 Å². The lowest BCUT2D eigenvalue weighted by molar-refractivity contribution is 0.745. The van der Waals surface area contributed by atoms with Gasteiger partial charge in [0.25, 0.3) is 5.56 Å². The van der Waals surface area contributed by atoms with E-state index >= 15 is 0 Å². The van der Waals surface area contributed by atoms with Crippen LogP contribution in [-0.4, -0.2) is 9.55 Å². The second-order valence-corrected chi connectivity index (χ2v) is 3.61. The van der Waals surface area contributed by atoms with Crippen molar-refractivity contribution in [2.75, 3.05) is 0 Å². The van der Waals surface area contributed by atoms with Crippen LogP contribution in [0.2, 0.25) is 0 Å². The first kappa shape index (κ1) is 9.86. The summed E-state index contributed by atoms with van der Waals surface area (Å²) in [7, 11) is 0. The predicted octanol–water partition coefficient (Wildman–Crippen LogP) is 1.95. The molecule has 0 fully saturated rings. The molecule has 0 radical (unpaired) electrons. The summed E-state index contributed by atoms with van der Waals surface area (Å²) in [5.74, 6) is 0. The Balaban J connectivity index is 2.33. The zero-order valence-corrected chi connectivity index (χ0v) is 8.83. The third-order valence-electron chi connectivity index (χ3n) is 2.09. The van der Waals surface area contributed by atoms with E-state index in [1.54, 1.807) is 6.20 Å². The Morgan fingerprint density at radius 2 is 1.93 bits per heavy atom. The zero-order valence-electron chi connectivity index (χ0n) is 8.01. The van der Waals surface area contributed by atoms with E-state index < -0.39 is 0 Å². The van der Waals surface area contributed by atoms with Crippen molar-refractivity contribution in [3.05, 3.63) is 63.3 Å². The second kappa shape index (κ2) is 4.23. The maximum atomic E-state index is 11.0. The summed E-state index contributed by atoms with van der Waals surface area (Å²) in [6.07, 6.45) is 1.70. The van der Waals surface area contributed by atoms with Crippen molar-refractivity contribution in [3.63, 3.8) is 0 Å². The Morgan fingerprint density at radius 3 is 2.60 bits per heavy atom. The van der Waals surface area contributed by atoms with Gasteiger partial charge in [-0.15, -0.1) is 0 Å². The molecule has 0 amide bonds. The fourth-order valence-corrected chi connectivity index (χ4v) is 1.57. The molecule has 0 aliphatic rings. The number of benzene rings is 1. The molecule has 3 nitrogen and oxygen atoms in total. The zero-order chi connectivity index (χ0) is 10.7. The van der Waals surface area contributed by atoms with Crippen molar-refractivity contribution in [1.29, 1.82) is 0 Å². The van der Waals surface area contributed by atoms with Crippen LogP contribution in [0.15, 0.2) is 47.4 Å². The summed E-state index contributed by atoms with van der Waals surface area (Å²) in [5.41, 5.74) is 0.991. The molecule has 0 saturated heterocycles. The molecule has 0 bridgehead atoms. The Labute approximate surface area is 92.0 Å². The standard InChI is InChI=1S/C11H10N2OS/c14-10-6-7-13(11(15)12-10)8-9-4-2-1-3-5-9/h1-7H,8H2,(H,12,14,15). The van der Waals surface area contributed by atoms with E-state index in [4.69, 9.17) is 12.2 Å². The molecule has 2 aromatic rings. The molecule has 0 atom stereocenters. The third kappa shape index (κ3) is 2.41. The largest absolute Gasteiger partial charge is 0.321 e. The van der Waals surface area contributed by atoms with E-state index in [0.717, 1.165) is 5.56 Å². The van der Waals surface area contributed by atoms with Crippen LogP contribution in [0.3, 0.4) is 0 Å². The molecule has 4 heteroatoms. The summed E-state index contributed by atoms with van der Waals surface area (Å²) in [5, 5.41) is 0. The lowest BCUT2D eigenvalue weighted by atomic mass is 10.2. The lowest BCUT2D eigenvalue weighted by Gasteiger charge is -2.05. The summed E-state index contributed by atoms with van der Waals surface area (Å²) in [4.78, 5) is 13.5. The summed E-state index contributed by atoms with van der Waals surface area (Å²) in [6.45, 7) is 0.677. The minimum absolute atomic E-state index is 0.163. The number of H-pyrrole nitrogens is 1. The molecule has 0 saturated carbocycles.